The van der Waals surface area contributed by atoms with Gasteiger partial charge in [0.25, 0.3) is 11.6 Å². The fourth-order valence-electron chi connectivity index (χ4n) is 3.01. The Balaban J connectivity index is 1.93. The predicted molar refractivity (Wildman–Crippen MR) is 105 cm³/mol. The van der Waals surface area contributed by atoms with Crippen LogP contribution < -0.4 is 5.32 Å². The topological polar surface area (TPSA) is 68.0 Å². The van der Waals surface area contributed by atoms with Crippen LogP contribution in [0.5, 0.6) is 0 Å². The monoisotopic (exact) mass is 357 g/mol. The maximum absolute atomic E-state index is 12.9. The van der Waals surface area contributed by atoms with Gasteiger partial charge >= 0.3 is 0 Å². The van der Waals surface area contributed by atoms with Gasteiger partial charge in [0.2, 0.25) is 0 Å². The lowest BCUT2D eigenvalue weighted by Gasteiger charge is -2.08. The van der Waals surface area contributed by atoms with Crippen molar-refractivity contribution in [2.75, 3.05) is 6.54 Å². The van der Waals surface area contributed by atoms with E-state index in [9.17, 15) is 4.79 Å². The minimum absolute atomic E-state index is 0.151. The molecule has 134 valence electrons. The molecule has 0 spiro atoms. The Morgan fingerprint density at radius 2 is 1.67 bits per heavy atom. The second-order valence-corrected chi connectivity index (χ2v) is 6.25. The van der Waals surface area contributed by atoms with Gasteiger partial charge < -0.3 is 9.84 Å². The number of hydrogen-bond donors (Lipinski definition) is 1. The van der Waals surface area contributed by atoms with Crippen molar-refractivity contribution >= 4 is 17.0 Å². The van der Waals surface area contributed by atoms with Crippen LogP contribution in [0.25, 0.3) is 33.6 Å². The Morgan fingerprint density at radius 3 is 2.33 bits per heavy atom. The van der Waals surface area contributed by atoms with E-state index in [1.54, 1.807) is 0 Å². The first-order valence-electron chi connectivity index (χ1n) is 8.97. The third-order valence-electron chi connectivity index (χ3n) is 4.34. The van der Waals surface area contributed by atoms with Gasteiger partial charge in [0.15, 0.2) is 0 Å². The Labute approximate surface area is 157 Å². The number of fused-ring (bicyclic) bond motifs is 1. The number of nitrogens with zero attached hydrogens (tertiary/aromatic N) is 2. The summed E-state index contributed by atoms with van der Waals surface area (Å²) in [6.07, 6.45) is 0.862. The van der Waals surface area contributed by atoms with Crippen LogP contribution in [-0.2, 0) is 0 Å². The van der Waals surface area contributed by atoms with Gasteiger partial charge in [-0.05, 0) is 12.5 Å². The number of rotatable bonds is 5. The fraction of sp³-hybridized carbons (Fsp3) is 0.136. The summed E-state index contributed by atoms with van der Waals surface area (Å²) in [5, 5.41) is 7.79. The van der Waals surface area contributed by atoms with Crippen LogP contribution in [0.2, 0.25) is 0 Å². The first-order chi connectivity index (χ1) is 13.3. The number of amides is 1. The number of aromatic nitrogens is 2. The van der Waals surface area contributed by atoms with Gasteiger partial charge in [-0.25, -0.2) is 4.98 Å². The zero-order chi connectivity index (χ0) is 18.6. The first-order valence-corrected chi connectivity index (χ1v) is 8.97. The predicted octanol–water partition coefficient (Wildman–Crippen LogP) is 4.70. The summed E-state index contributed by atoms with van der Waals surface area (Å²) in [5.74, 6) is -0.151. The van der Waals surface area contributed by atoms with Gasteiger partial charge in [-0.2, -0.15) is 0 Å². The first kappa shape index (κ1) is 17.0. The normalized spacial score (nSPS) is 10.9. The minimum Gasteiger partial charge on any atom is -0.352 e. The van der Waals surface area contributed by atoms with Gasteiger partial charge in [0.05, 0.1) is 16.6 Å². The van der Waals surface area contributed by atoms with Gasteiger partial charge in [0.1, 0.15) is 5.69 Å². The third kappa shape index (κ3) is 3.31. The summed E-state index contributed by atoms with van der Waals surface area (Å²) < 4.78 is 5.52. The average Bonchev–Trinajstić information content (AvgIpc) is 3.16. The van der Waals surface area contributed by atoms with E-state index in [0.717, 1.165) is 17.5 Å². The number of pyridine rings is 1. The molecular weight excluding hydrogens is 338 g/mol. The molecule has 0 atom stereocenters. The van der Waals surface area contributed by atoms with E-state index in [0.29, 0.717) is 34.6 Å². The highest BCUT2D eigenvalue weighted by Gasteiger charge is 2.21. The minimum atomic E-state index is -0.151. The van der Waals surface area contributed by atoms with E-state index in [1.165, 1.54) is 0 Å². The van der Waals surface area contributed by atoms with Crippen molar-refractivity contribution in [2.24, 2.45) is 0 Å². The highest BCUT2D eigenvalue weighted by Crippen LogP contribution is 2.32. The lowest BCUT2D eigenvalue weighted by molar-refractivity contribution is 0.0955. The Bertz CT molecular complexity index is 1070. The zero-order valence-electron chi connectivity index (χ0n) is 15.0. The highest BCUT2D eigenvalue weighted by atomic mass is 16.5. The van der Waals surface area contributed by atoms with Crippen LogP contribution in [-0.4, -0.2) is 22.6 Å². The molecule has 5 nitrogen and oxygen atoms in total. The van der Waals surface area contributed by atoms with Crippen LogP contribution >= 0.6 is 0 Å². The molecule has 1 N–H and O–H groups in total. The molecule has 0 unspecified atom stereocenters. The van der Waals surface area contributed by atoms with Crippen molar-refractivity contribution in [1.29, 1.82) is 0 Å². The molecule has 27 heavy (non-hydrogen) atoms. The SMILES string of the molecule is CCCNC(=O)c1cc(-c2ccccc2)nc2onc(-c3ccccc3)c12. The largest absolute Gasteiger partial charge is 0.352 e. The van der Waals surface area contributed by atoms with Crippen molar-refractivity contribution in [3.05, 3.63) is 72.3 Å². The van der Waals surface area contributed by atoms with E-state index in [-0.39, 0.29) is 5.91 Å². The van der Waals surface area contributed by atoms with Crippen LogP contribution in [0.4, 0.5) is 0 Å². The van der Waals surface area contributed by atoms with Crippen molar-refractivity contribution in [3.63, 3.8) is 0 Å². The summed E-state index contributed by atoms with van der Waals surface area (Å²) in [5.41, 5.74) is 3.99. The number of carbonyl (C=O) groups is 1. The van der Waals surface area contributed by atoms with Gasteiger partial charge in [-0.15, -0.1) is 0 Å². The fourth-order valence-corrected chi connectivity index (χ4v) is 3.01. The van der Waals surface area contributed by atoms with E-state index >= 15 is 0 Å². The molecule has 0 saturated heterocycles. The number of nitrogens with one attached hydrogen (secondary N) is 1. The van der Waals surface area contributed by atoms with E-state index in [1.807, 2.05) is 73.7 Å². The lowest BCUT2D eigenvalue weighted by Crippen LogP contribution is -2.24. The number of carbonyl (C=O) groups excluding carboxylic acids is 1. The Kier molecular flexibility index (Phi) is 4.66. The molecule has 0 fully saturated rings. The third-order valence-corrected chi connectivity index (χ3v) is 4.34. The number of benzene rings is 2. The maximum Gasteiger partial charge on any atom is 0.259 e. The summed E-state index contributed by atoms with van der Waals surface area (Å²) in [7, 11) is 0. The Hall–Kier alpha value is -3.47. The lowest BCUT2D eigenvalue weighted by atomic mass is 10.0. The molecule has 1 amide bonds. The molecule has 4 aromatic rings. The zero-order valence-corrected chi connectivity index (χ0v) is 15.0. The molecule has 0 saturated carbocycles. The smallest absolute Gasteiger partial charge is 0.259 e. The molecule has 2 heterocycles. The summed E-state index contributed by atoms with van der Waals surface area (Å²) in [4.78, 5) is 17.5. The van der Waals surface area contributed by atoms with Crippen LogP contribution in [0, 0.1) is 0 Å². The highest BCUT2D eigenvalue weighted by molar-refractivity contribution is 6.10. The molecule has 0 bridgehead atoms. The van der Waals surface area contributed by atoms with Crippen molar-refractivity contribution < 1.29 is 9.32 Å². The quantitative estimate of drug-likeness (QED) is 0.562. The van der Waals surface area contributed by atoms with Gasteiger partial charge in [0, 0.05) is 17.7 Å². The van der Waals surface area contributed by atoms with E-state index in [4.69, 9.17) is 4.52 Å². The molecule has 0 aliphatic heterocycles. The summed E-state index contributed by atoms with van der Waals surface area (Å²) in [6, 6.07) is 21.2. The van der Waals surface area contributed by atoms with Gasteiger partial charge in [-0.1, -0.05) is 72.7 Å². The van der Waals surface area contributed by atoms with Crippen LogP contribution in [0.15, 0.2) is 71.3 Å². The number of hydrogen-bond acceptors (Lipinski definition) is 4. The molecule has 0 aliphatic rings. The maximum atomic E-state index is 12.9. The molecule has 0 radical (unpaired) electrons. The molecule has 2 aromatic heterocycles. The van der Waals surface area contributed by atoms with Crippen molar-refractivity contribution in [2.45, 2.75) is 13.3 Å². The van der Waals surface area contributed by atoms with Crippen molar-refractivity contribution in [1.82, 2.24) is 15.5 Å². The van der Waals surface area contributed by atoms with Crippen LogP contribution in [0.3, 0.4) is 0 Å². The van der Waals surface area contributed by atoms with Gasteiger partial charge in [-0.3, -0.25) is 4.79 Å². The summed E-state index contributed by atoms with van der Waals surface area (Å²) in [6.45, 7) is 2.63. The Morgan fingerprint density at radius 1 is 1.00 bits per heavy atom. The molecule has 4 rings (SSSR count). The summed E-state index contributed by atoms with van der Waals surface area (Å²) >= 11 is 0. The second-order valence-electron chi connectivity index (χ2n) is 6.25. The molecule has 5 heteroatoms. The molecule has 2 aromatic carbocycles. The molecular formula is C22H19N3O2. The standard InChI is InChI=1S/C22H19N3O2/c1-2-13-23-21(26)17-14-18(15-9-5-3-6-10-15)24-22-19(17)20(25-27-22)16-11-7-4-8-12-16/h3-12,14H,2,13H2,1H3,(H,23,26). The van der Waals surface area contributed by atoms with E-state index < -0.39 is 0 Å². The van der Waals surface area contributed by atoms with Crippen LogP contribution in [0.1, 0.15) is 23.7 Å². The molecule has 0 aliphatic carbocycles. The average molecular weight is 357 g/mol. The van der Waals surface area contributed by atoms with Crippen molar-refractivity contribution in [3.8, 4) is 22.5 Å². The van der Waals surface area contributed by atoms with E-state index in [2.05, 4.69) is 15.5 Å². The second kappa shape index (κ2) is 7.41.